The monoisotopic (exact) mass is 370 g/mol. The fourth-order valence-corrected chi connectivity index (χ4v) is 2.72. The maximum atomic E-state index is 12.3. The Labute approximate surface area is 160 Å². The zero-order valence-corrected chi connectivity index (χ0v) is 16.0. The van der Waals surface area contributed by atoms with E-state index >= 15 is 0 Å². The minimum atomic E-state index is -0.220. The maximum Gasteiger partial charge on any atom is 0.251 e. The van der Waals surface area contributed by atoms with Crippen molar-refractivity contribution in [2.75, 3.05) is 33.9 Å². The summed E-state index contributed by atoms with van der Waals surface area (Å²) in [5.74, 6) is 0.838. The van der Waals surface area contributed by atoms with Crippen LogP contribution in [0.4, 0.5) is 0 Å². The van der Waals surface area contributed by atoms with E-state index < -0.39 is 0 Å². The van der Waals surface area contributed by atoms with E-state index in [1.807, 2.05) is 30.3 Å². The van der Waals surface area contributed by atoms with Gasteiger partial charge in [0.15, 0.2) is 11.5 Å². The summed E-state index contributed by atoms with van der Waals surface area (Å²) in [5.41, 5.74) is 1.66. The largest absolute Gasteiger partial charge is 0.493 e. The van der Waals surface area contributed by atoms with Gasteiger partial charge in [-0.3, -0.25) is 9.59 Å². The van der Waals surface area contributed by atoms with E-state index in [0.717, 1.165) is 6.42 Å². The molecule has 0 unspecified atom stereocenters. The molecule has 2 rings (SSSR count). The molecule has 0 aliphatic rings. The summed E-state index contributed by atoms with van der Waals surface area (Å²) < 4.78 is 10.4. The van der Waals surface area contributed by atoms with Gasteiger partial charge < -0.3 is 19.7 Å². The minimum Gasteiger partial charge on any atom is -0.493 e. The lowest BCUT2D eigenvalue weighted by Gasteiger charge is -2.21. The summed E-state index contributed by atoms with van der Waals surface area (Å²) in [6, 6.07) is 15.0. The fourth-order valence-electron chi connectivity index (χ4n) is 2.72. The van der Waals surface area contributed by atoms with Crippen LogP contribution in [0.3, 0.4) is 0 Å². The van der Waals surface area contributed by atoms with E-state index in [-0.39, 0.29) is 11.8 Å². The molecule has 0 saturated carbocycles. The Morgan fingerprint density at radius 2 is 1.67 bits per heavy atom. The van der Waals surface area contributed by atoms with Crippen molar-refractivity contribution in [1.29, 1.82) is 0 Å². The van der Waals surface area contributed by atoms with Gasteiger partial charge in [-0.05, 0) is 30.2 Å². The molecule has 0 spiro atoms. The quantitative estimate of drug-likeness (QED) is 0.737. The van der Waals surface area contributed by atoms with Gasteiger partial charge in [0.1, 0.15) is 0 Å². The van der Waals surface area contributed by atoms with E-state index in [4.69, 9.17) is 9.47 Å². The third-order valence-corrected chi connectivity index (χ3v) is 4.27. The molecule has 2 amide bonds. The Hall–Kier alpha value is -3.02. The molecule has 2 aromatic rings. The van der Waals surface area contributed by atoms with Crippen molar-refractivity contribution in [1.82, 2.24) is 10.2 Å². The van der Waals surface area contributed by atoms with Crippen molar-refractivity contribution in [3.05, 3.63) is 59.7 Å². The second-order valence-corrected chi connectivity index (χ2v) is 6.07. The summed E-state index contributed by atoms with van der Waals surface area (Å²) >= 11 is 0. The molecule has 6 nitrogen and oxygen atoms in total. The van der Waals surface area contributed by atoms with Gasteiger partial charge in [0, 0.05) is 32.1 Å². The number of hydrogen-bond acceptors (Lipinski definition) is 4. The Morgan fingerprint density at radius 3 is 2.30 bits per heavy atom. The lowest BCUT2D eigenvalue weighted by molar-refractivity contribution is -0.128. The van der Waals surface area contributed by atoms with Gasteiger partial charge in [-0.1, -0.05) is 30.3 Å². The lowest BCUT2D eigenvalue weighted by atomic mass is 10.1. The molecule has 0 aromatic heterocycles. The SMILES string of the molecule is COc1ccc(C(=O)NCCN(CCc2ccccc2)C(C)=O)cc1OC. The fraction of sp³-hybridized carbons (Fsp3) is 0.333. The molecule has 144 valence electrons. The molecule has 0 heterocycles. The second kappa shape index (κ2) is 10.2. The van der Waals surface area contributed by atoms with Gasteiger partial charge in [-0.25, -0.2) is 0 Å². The zero-order chi connectivity index (χ0) is 19.6. The summed E-state index contributed by atoms with van der Waals surface area (Å²) in [4.78, 5) is 25.9. The molecule has 0 aliphatic heterocycles. The number of ether oxygens (including phenoxy) is 2. The van der Waals surface area contributed by atoms with Crippen LogP contribution in [0.1, 0.15) is 22.8 Å². The third kappa shape index (κ3) is 6.02. The van der Waals surface area contributed by atoms with Crippen LogP contribution < -0.4 is 14.8 Å². The molecular formula is C21H26N2O4. The van der Waals surface area contributed by atoms with Gasteiger partial charge in [0.25, 0.3) is 5.91 Å². The molecule has 1 N–H and O–H groups in total. The number of carbonyl (C=O) groups excluding carboxylic acids is 2. The number of rotatable bonds is 9. The zero-order valence-electron chi connectivity index (χ0n) is 16.0. The van der Waals surface area contributed by atoms with Gasteiger partial charge in [-0.15, -0.1) is 0 Å². The number of benzene rings is 2. The average Bonchev–Trinajstić information content (AvgIpc) is 2.70. The topological polar surface area (TPSA) is 67.9 Å². The predicted molar refractivity (Wildman–Crippen MR) is 104 cm³/mol. The highest BCUT2D eigenvalue weighted by Crippen LogP contribution is 2.27. The number of amides is 2. The van der Waals surface area contributed by atoms with Crippen LogP contribution >= 0.6 is 0 Å². The van der Waals surface area contributed by atoms with E-state index in [2.05, 4.69) is 5.32 Å². The molecule has 0 atom stereocenters. The van der Waals surface area contributed by atoms with E-state index in [9.17, 15) is 9.59 Å². The van der Waals surface area contributed by atoms with E-state index in [0.29, 0.717) is 36.7 Å². The van der Waals surface area contributed by atoms with Crippen LogP contribution in [0.15, 0.2) is 48.5 Å². The Bertz CT molecular complexity index is 762. The van der Waals surface area contributed by atoms with Crippen LogP contribution in [0, 0.1) is 0 Å². The molecule has 6 heteroatoms. The Balaban J connectivity index is 1.87. The molecule has 0 fully saturated rings. The third-order valence-electron chi connectivity index (χ3n) is 4.27. The standard InChI is InChI=1S/C21H26N2O4/c1-16(24)23(13-11-17-7-5-4-6-8-17)14-12-22-21(25)18-9-10-19(26-2)20(15-18)27-3/h4-10,15H,11-14H2,1-3H3,(H,22,25). The van der Waals surface area contributed by atoms with Crippen molar-refractivity contribution in [3.63, 3.8) is 0 Å². The first kappa shape index (κ1) is 20.3. The maximum absolute atomic E-state index is 12.3. The summed E-state index contributed by atoms with van der Waals surface area (Å²) in [5, 5.41) is 2.84. The highest BCUT2D eigenvalue weighted by molar-refractivity contribution is 5.94. The number of hydrogen-bond donors (Lipinski definition) is 1. The number of carbonyl (C=O) groups is 2. The van der Waals surface area contributed by atoms with Crippen LogP contribution in [0.2, 0.25) is 0 Å². The number of methoxy groups -OCH3 is 2. The minimum absolute atomic E-state index is 0.00806. The summed E-state index contributed by atoms with van der Waals surface area (Å²) in [6.07, 6.45) is 0.782. The molecule has 0 bridgehead atoms. The normalized spacial score (nSPS) is 10.2. The van der Waals surface area contributed by atoms with Crippen LogP contribution in [0.5, 0.6) is 11.5 Å². The lowest BCUT2D eigenvalue weighted by Crippen LogP contribution is -2.38. The number of nitrogens with zero attached hydrogens (tertiary/aromatic N) is 1. The molecule has 27 heavy (non-hydrogen) atoms. The van der Waals surface area contributed by atoms with Crippen molar-refractivity contribution < 1.29 is 19.1 Å². The number of nitrogens with one attached hydrogen (secondary N) is 1. The predicted octanol–water partition coefficient (Wildman–Crippen LogP) is 2.52. The van der Waals surface area contributed by atoms with Crippen molar-refractivity contribution >= 4 is 11.8 Å². The van der Waals surface area contributed by atoms with E-state index in [1.54, 1.807) is 37.1 Å². The van der Waals surface area contributed by atoms with Gasteiger partial charge in [0.05, 0.1) is 14.2 Å². The van der Waals surface area contributed by atoms with Crippen LogP contribution in [0.25, 0.3) is 0 Å². The second-order valence-electron chi connectivity index (χ2n) is 6.07. The van der Waals surface area contributed by atoms with Gasteiger partial charge in [0.2, 0.25) is 5.91 Å². The van der Waals surface area contributed by atoms with Gasteiger partial charge >= 0.3 is 0 Å². The first-order chi connectivity index (χ1) is 13.0. The average molecular weight is 370 g/mol. The highest BCUT2D eigenvalue weighted by atomic mass is 16.5. The summed E-state index contributed by atoms with van der Waals surface area (Å²) in [6.45, 7) is 3.00. The molecule has 0 saturated heterocycles. The van der Waals surface area contributed by atoms with Crippen LogP contribution in [-0.4, -0.2) is 50.6 Å². The van der Waals surface area contributed by atoms with Crippen LogP contribution in [-0.2, 0) is 11.2 Å². The smallest absolute Gasteiger partial charge is 0.251 e. The molecule has 0 radical (unpaired) electrons. The Morgan fingerprint density at radius 1 is 0.963 bits per heavy atom. The van der Waals surface area contributed by atoms with Crippen molar-refractivity contribution in [2.24, 2.45) is 0 Å². The molecule has 0 aliphatic carbocycles. The van der Waals surface area contributed by atoms with Gasteiger partial charge in [-0.2, -0.15) is 0 Å². The van der Waals surface area contributed by atoms with Crippen molar-refractivity contribution in [2.45, 2.75) is 13.3 Å². The highest BCUT2D eigenvalue weighted by Gasteiger charge is 2.12. The van der Waals surface area contributed by atoms with Crippen molar-refractivity contribution in [3.8, 4) is 11.5 Å². The first-order valence-corrected chi connectivity index (χ1v) is 8.84. The first-order valence-electron chi connectivity index (χ1n) is 8.84. The molecular weight excluding hydrogens is 344 g/mol. The Kier molecular flexibility index (Phi) is 7.67. The molecule has 2 aromatic carbocycles. The summed E-state index contributed by atoms with van der Waals surface area (Å²) in [7, 11) is 3.07. The van der Waals surface area contributed by atoms with E-state index in [1.165, 1.54) is 12.7 Å².